The van der Waals surface area contributed by atoms with Gasteiger partial charge in [0.2, 0.25) is 0 Å². The summed E-state index contributed by atoms with van der Waals surface area (Å²) in [7, 11) is 0. The van der Waals surface area contributed by atoms with Gasteiger partial charge in [-0.15, -0.1) is 10.2 Å². The van der Waals surface area contributed by atoms with Crippen molar-refractivity contribution in [3.05, 3.63) is 41.2 Å². The highest BCUT2D eigenvalue weighted by Crippen LogP contribution is 2.22. The summed E-state index contributed by atoms with van der Waals surface area (Å²) in [6, 6.07) is 6.66. The fraction of sp³-hybridized carbons (Fsp3) is 0.231. The van der Waals surface area contributed by atoms with Crippen molar-refractivity contribution in [3.8, 4) is 0 Å². The number of carbonyl (C=O) groups is 3. The molecule has 3 amide bonds. The lowest BCUT2D eigenvalue weighted by Gasteiger charge is -2.11. The van der Waals surface area contributed by atoms with Gasteiger partial charge < -0.3 is 0 Å². The topological polar surface area (TPSA) is 136 Å². The monoisotopic (exact) mass is 315 g/mol. The van der Waals surface area contributed by atoms with Gasteiger partial charge in [-0.1, -0.05) is 12.1 Å². The van der Waals surface area contributed by atoms with Crippen LogP contribution in [0.1, 0.15) is 26.5 Å². The van der Waals surface area contributed by atoms with Crippen LogP contribution in [0.4, 0.5) is 0 Å². The minimum atomic E-state index is -0.464. The third-order valence-corrected chi connectivity index (χ3v) is 3.38. The lowest BCUT2D eigenvalue weighted by Crippen LogP contribution is -2.34. The van der Waals surface area contributed by atoms with Crippen molar-refractivity contribution in [2.45, 2.75) is 13.0 Å². The maximum Gasteiger partial charge on any atom is 0.261 e. The molecule has 0 spiro atoms. The van der Waals surface area contributed by atoms with Crippen molar-refractivity contribution in [2.24, 2.45) is 5.84 Å². The Balaban J connectivity index is 1.65. The van der Waals surface area contributed by atoms with Gasteiger partial charge in [0.25, 0.3) is 17.7 Å². The molecule has 0 radical (unpaired) electrons. The molecule has 1 aliphatic heterocycles. The van der Waals surface area contributed by atoms with E-state index < -0.39 is 5.91 Å². The number of nitrogens with one attached hydrogen (secondary N) is 1. The average Bonchev–Trinajstić information content (AvgIpc) is 3.10. The van der Waals surface area contributed by atoms with E-state index in [0.717, 1.165) is 9.70 Å². The molecule has 0 unspecified atom stereocenters. The number of aromatic nitrogens is 4. The van der Waals surface area contributed by atoms with Crippen molar-refractivity contribution in [3.63, 3.8) is 0 Å². The van der Waals surface area contributed by atoms with Crippen LogP contribution in [-0.4, -0.2) is 49.4 Å². The zero-order valence-corrected chi connectivity index (χ0v) is 12.0. The standard InChI is InChI=1S/C13H13N7O3/c14-15-11(21)7-20-17-10(16-18-20)5-6-19-12(22)8-3-1-2-4-9(8)13(19)23/h1-4H,5-7,14H2,(H,15,21). The average molecular weight is 315 g/mol. The molecule has 118 valence electrons. The predicted octanol–water partition coefficient (Wildman–Crippen LogP) is -1.50. The molecule has 0 saturated heterocycles. The minimum Gasteiger partial charge on any atom is -0.293 e. The highest BCUT2D eigenvalue weighted by molar-refractivity contribution is 6.21. The second-order valence-corrected chi connectivity index (χ2v) is 4.86. The van der Waals surface area contributed by atoms with E-state index in [0.29, 0.717) is 17.0 Å². The number of imide groups is 1. The third-order valence-electron chi connectivity index (χ3n) is 3.38. The highest BCUT2D eigenvalue weighted by atomic mass is 16.2. The van der Waals surface area contributed by atoms with Crippen molar-refractivity contribution in [2.75, 3.05) is 6.54 Å². The second kappa shape index (κ2) is 5.93. The molecule has 10 nitrogen and oxygen atoms in total. The molecule has 1 aliphatic rings. The van der Waals surface area contributed by atoms with Gasteiger partial charge in [0, 0.05) is 13.0 Å². The van der Waals surface area contributed by atoms with E-state index in [9.17, 15) is 14.4 Å². The summed E-state index contributed by atoms with van der Waals surface area (Å²) in [5, 5.41) is 11.5. The number of hydrogen-bond acceptors (Lipinski definition) is 7. The number of fused-ring (bicyclic) bond motifs is 1. The summed E-state index contributed by atoms with van der Waals surface area (Å²) in [5.74, 6) is 4.17. The van der Waals surface area contributed by atoms with Crippen LogP contribution in [0.2, 0.25) is 0 Å². The van der Waals surface area contributed by atoms with E-state index in [-0.39, 0.29) is 31.3 Å². The van der Waals surface area contributed by atoms with Crippen molar-refractivity contribution < 1.29 is 14.4 Å². The first kappa shape index (κ1) is 14.8. The number of hydrazine groups is 1. The lowest BCUT2D eigenvalue weighted by atomic mass is 10.1. The molecule has 10 heteroatoms. The Kier molecular flexibility index (Phi) is 3.81. The molecule has 1 aromatic heterocycles. The summed E-state index contributed by atoms with van der Waals surface area (Å²) in [4.78, 5) is 37.7. The molecule has 0 aliphatic carbocycles. The van der Waals surface area contributed by atoms with Crippen molar-refractivity contribution in [1.82, 2.24) is 30.5 Å². The number of benzene rings is 1. The molecule has 3 rings (SSSR count). The van der Waals surface area contributed by atoms with Gasteiger partial charge in [-0.05, 0) is 17.3 Å². The maximum absolute atomic E-state index is 12.2. The van der Waals surface area contributed by atoms with Crippen LogP contribution in [0.15, 0.2) is 24.3 Å². The molecule has 2 heterocycles. The van der Waals surface area contributed by atoms with Crippen LogP contribution >= 0.6 is 0 Å². The maximum atomic E-state index is 12.2. The van der Waals surface area contributed by atoms with Gasteiger partial charge >= 0.3 is 0 Å². The predicted molar refractivity (Wildman–Crippen MR) is 75.7 cm³/mol. The zero-order valence-electron chi connectivity index (χ0n) is 12.0. The van der Waals surface area contributed by atoms with E-state index in [2.05, 4.69) is 15.4 Å². The van der Waals surface area contributed by atoms with Crippen LogP contribution < -0.4 is 11.3 Å². The number of rotatable bonds is 5. The molecular formula is C13H13N7O3. The van der Waals surface area contributed by atoms with E-state index >= 15 is 0 Å². The fourth-order valence-corrected chi connectivity index (χ4v) is 2.27. The molecule has 0 bridgehead atoms. The Morgan fingerprint density at radius 1 is 1.17 bits per heavy atom. The lowest BCUT2D eigenvalue weighted by molar-refractivity contribution is -0.122. The Hall–Kier alpha value is -3.14. The van der Waals surface area contributed by atoms with Crippen LogP contribution in [0, 0.1) is 0 Å². The van der Waals surface area contributed by atoms with Gasteiger partial charge in [0.15, 0.2) is 5.82 Å². The van der Waals surface area contributed by atoms with Gasteiger partial charge in [0.05, 0.1) is 11.1 Å². The summed E-state index contributed by atoms with van der Waals surface area (Å²) >= 11 is 0. The molecule has 23 heavy (non-hydrogen) atoms. The smallest absolute Gasteiger partial charge is 0.261 e. The summed E-state index contributed by atoms with van der Waals surface area (Å²) in [5.41, 5.74) is 2.75. The molecule has 1 aromatic carbocycles. The molecular weight excluding hydrogens is 302 g/mol. The number of tetrazole rings is 1. The Morgan fingerprint density at radius 2 is 1.83 bits per heavy atom. The quantitative estimate of drug-likeness (QED) is 0.296. The third kappa shape index (κ3) is 2.79. The Morgan fingerprint density at radius 3 is 2.43 bits per heavy atom. The van der Waals surface area contributed by atoms with Crippen LogP contribution in [-0.2, 0) is 17.8 Å². The highest BCUT2D eigenvalue weighted by Gasteiger charge is 2.34. The summed E-state index contributed by atoms with van der Waals surface area (Å²) < 4.78 is 0. The first-order valence-electron chi connectivity index (χ1n) is 6.81. The Bertz CT molecular complexity index is 750. The van der Waals surface area contributed by atoms with Gasteiger partial charge in [-0.2, -0.15) is 4.80 Å². The molecule has 2 aromatic rings. The summed E-state index contributed by atoms with van der Waals surface area (Å²) in [6.07, 6.45) is 0.246. The van der Waals surface area contributed by atoms with Gasteiger partial charge in [-0.25, -0.2) is 5.84 Å². The SMILES string of the molecule is NNC(=O)Cn1nnc(CCN2C(=O)c3ccccc3C2=O)n1. The molecule has 0 fully saturated rings. The van der Waals surface area contributed by atoms with Crippen LogP contribution in [0.3, 0.4) is 0 Å². The number of carbonyl (C=O) groups excluding carboxylic acids is 3. The largest absolute Gasteiger partial charge is 0.293 e. The van der Waals surface area contributed by atoms with Gasteiger partial charge in [-0.3, -0.25) is 24.7 Å². The van der Waals surface area contributed by atoms with E-state index in [4.69, 9.17) is 5.84 Å². The summed E-state index contributed by atoms with van der Waals surface area (Å²) in [6.45, 7) is -0.0162. The minimum absolute atomic E-state index is 0.140. The molecule has 0 atom stereocenters. The number of amides is 3. The van der Waals surface area contributed by atoms with Gasteiger partial charge in [0.1, 0.15) is 6.54 Å². The first-order valence-corrected chi connectivity index (χ1v) is 6.81. The van der Waals surface area contributed by atoms with Crippen LogP contribution in [0.25, 0.3) is 0 Å². The van der Waals surface area contributed by atoms with E-state index in [1.54, 1.807) is 24.3 Å². The molecule has 0 saturated carbocycles. The van der Waals surface area contributed by atoms with Crippen molar-refractivity contribution in [1.29, 1.82) is 0 Å². The van der Waals surface area contributed by atoms with E-state index in [1.807, 2.05) is 5.43 Å². The number of nitrogens with two attached hydrogens (primary N) is 1. The number of hydrogen-bond donors (Lipinski definition) is 2. The molecule has 3 N–H and O–H groups in total. The fourth-order valence-electron chi connectivity index (χ4n) is 2.27. The first-order chi connectivity index (χ1) is 11.1. The zero-order chi connectivity index (χ0) is 16.4. The Labute approximate surface area is 130 Å². The van der Waals surface area contributed by atoms with Crippen molar-refractivity contribution >= 4 is 17.7 Å². The second-order valence-electron chi connectivity index (χ2n) is 4.86. The normalized spacial score (nSPS) is 13.3. The van der Waals surface area contributed by atoms with E-state index in [1.165, 1.54) is 0 Å². The van der Waals surface area contributed by atoms with Crippen LogP contribution in [0.5, 0.6) is 0 Å². The number of nitrogens with zero attached hydrogens (tertiary/aromatic N) is 5.